The van der Waals surface area contributed by atoms with Crippen molar-refractivity contribution in [3.05, 3.63) is 40.4 Å². The quantitative estimate of drug-likeness (QED) is 0.369. The van der Waals surface area contributed by atoms with Gasteiger partial charge in [0.05, 0.1) is 11.4 Å². The lowest BCUT2D eigenvalue weighted by Crippen LogP contribution is -2.13. The maximum Gasteiger partial charge on any atom is 0.151 e. The lowest BCUT2D eigenvalue weighted by molar-refractivity contribution is -0.104. The highest BCUT2D eigenvalue weighted by Gasteiger charge is 2.02. The van der Waals surface area contributed by atoms with E-state index < -0.39 is 0 Å². The average molecular weight is 295 g/mol. The summed E-state index contributed by atoms with van der Waals surface area (Å²) in [5.74, 6) is 0. The highest BCUT2D eigenvalue weighted by Crippen LogP contribution is 2.17. The number of anilines is 1. The SMILES string of the molecule is C/C=C(C=O)/C(C)=N\N(C)c1ccc(Br)cc1. The van der Waals surface area contributed by atoms with Crippen LogP contribution in [-0.4, -0.2) is 19.0 Å². The first-order valence-electron chi connectivity index (χ1n) is 5.25. The molecule has 0 aromatic heterocycles. The molecule has 0 bridgehead atoms. The van der Waals surface area contributed by atoms with E-state index in [1.54, 1.807) is 11.1 Å². The molecule has 0 unspecified atom stereocenters. The zero-order valence-corrected chi connectivity index (χ0v) is 11.7. The van der Waals surface area contributed by atoms with E-state index in [2.05, 4.69) is 21.0 Å². The van der Waals surface area contributed by atoms with Gasteiger partial charge < -0.3 is 0 Å². The van der Waals surface area contributed by atoms with Crippen LogP contribution in [0.25, 0.3) is 0 Å². The summed E-state index contributed by atoms with van der Waals surface area (Å²) < 4.78 is 1.03. The molecule has 0 aliphatic carbocycles. The highest BCUT2D eigenvalue weighted by atomic mass is 79.9. The number of allylic oxidation sites excluding steroid dienone is 2. The molecule has 0 amide bonds. The molecular weight excluding hydrogens is 280 g/mol. The van der Waals surface area contributed by atoms with E-state index in [-0.39, 0.29) is 0 Å². The van der Waals surface area contributed by atoms with Gasteiger partial charge in [-0.2, -0.15) is 5.10 Å². The molecule has 0 saturated heterocycles. The fraction of sp³-hybridized carbons (Fsp3) is 0.231. The summed E-state index contributed by atoms with van der Waals surface area (Å²) in [5, 5.41) is 6.10. The Balaban J connectivity index is 2.91. The smallest absolute Gasteiger partial charge is 0.151 e. The van der Waals surface area contributed by atoms with Gasteiger partial charge in [0, 0.05) is 17.1 Å². The predicted molar refractivity (Wildman–Crippen MR) is 75.5 cm³/mol. The van der Waals surface area contributed by atoms with Crippen molar-refractivity contribution in [2.24, 2.45) is 5.10 Å². The topological polar surface area (TPSA) is 32.7 Å². The molecule has 1 aromatic rings. The van der Waals surface area contributed by atoms with E-state index in [1.165, 1.54) is 0 Å². The summed E-state index contributed by atoms with van der Waals surface area (Å²) in [4.78, 5) is 10.8. The Morgan fingerprint density at radius 1 is 1.35 bits per heavy atom. The van der Waals surface area contributed by atoms with Crippen molar-refractivity contribution in [1.29, 1.82) is 0 Å². The van der Waals surface area contributed by atoms with Crippen LogP contribution in [0, 0.1) is 0 Å². The number of hydrazone groups is 1. The van der Waals surface area contributed by atoms with Crippen molar-refractivity contribution in [1.82, 2.24) is 0 Å². The van der Waals surface area contributed by atoms with Gasteiger partial charge in [0.1, 0.15) is 0 Å². The molecule has 90 valence electrons. The van der Waals surface area contributed by atoms with Gasteiger partial charge in [-0.05, 0) is 38.1 Å². The monoisotopic (exact) mass is 294 g/mol. The van der Waals surface area contributed by atoms with E-state index in [9.17, 15) is 4.79 Å². The lowest BCUT2D eigenvalue weighted by atomic mass is 10.2. The number of halogens is 1. The number of aldehydes is 1. The molecule has 0 radical (unpaired) electrons. The molecule has 0 heterocycles. The van der Waals surface area contributed by atoms with Crippen LogP contribution in [0.1, 0.15) is 13.8 Å². The number of carbonyl (C=O) groups excluding carboxylic acids is 1. The number of hydrogen-bond donors (Lipinski definition) is 0. The Bertz CT molecular complexity index is 449. The molecule has 0 spiro atoms. The first-order valence-corrected chi connectivity index (χ1v) is 6.04. The Hall–Kier alpha value is -1.42. The summed E-state index contributed by atoms with van der Waals surface area (Å²) in [6, 6.07) is 7.81. The molecule has 4 heteroatoms. The van der Waals surface area contributed by atoms with Gasteiger partial charge in [-0.15, -0.1) is 0 Å². The number of benzene rings is 1. The molecular formula is C13H15BrN2O. The van der Waals surface area contributed by atoms with E-state index in [1.807, 2.05) is 45.2 Å². The molecule has 1 rings (SSSR count). The van der Waals surface area contributed by atoms with Gasteiger partial charge in [-0.25, -0.2) is 0 Å². The Labute approximate surface area is 110 Å². The van der Waals surface area contributed by atoms with Crippen LogP contribution in [0.5, 0.6) is 0 Å². The number of hydrogen-bond acceptors (Lipinski definition) is 3. The third-order valence-corrected chi connectivity index (χ3v) is 2.88. The highest BCUT2D eigenvalue weighted by molar-refractivity contribution is 9.10. The minimum Gasteiger partial charge on any atom is -0.298 e. The molecule has 0 atom stereocenters. The van der Waals surface area contributed by atoms with E-state index in [0.29, 0.717) is 11.3 Å². The van der Waals surface area contributed by atoms with Crippen molar-refractivity contribution in [3.8, 4) is 0 Å². The minimum absolute atomic E-state index is 0.606. The standard InChI is InChI=1S/C13H15BrN2O/c1-4-11(9-17)10(2)15-16(3)13-7-5-12(14)6-8-13/h4-9H,1-3H3/b11-4+,15-10-. The summed E-state index contributed by atoms with van der Waals surface area (Å²) >= 11 is 3.38. The van der Waals surface area contributed by atoms with Crippen LogP contribution in [0.3, 0.4) is 0 Å². The fourth-order valence-electron chi connectivity index (χ4n) is 1.36. The van der Waals surface area contributed by atoms with E-state index in [4.69, 9.17) is 0 Å². The van der Waals surface area contributed by atoms with Gasteiger partial charge in [0.2, 0.25) is 0 Å². The predicted octanol–water partition coefficient (Wildman–Crippen LogP) is 3.41. The first-order chi connectivity index (χ1) is 8.08. The van der Waals surface area contributed by atoms with Crippen LogP contribution < -0.4 is 5.01 Å². The molecule has 17 heavy (non-hydrogen) atoms. The average Bonchev–Trinajstić information content (AvgIpc) is 2.31. The Morgan fingerprint density at radius 3 is 2.41 bits per heavy atom. The molecule has 1 aromatic carbocycles. The van der Waals surface area contributed by atoms with Crippen molar-refractivity contribution >= 4 is 33.6 Å². The van der Waals surface area contributed by atoms with Crippen molar-refractivity contribution in [3.63, 3.8) is 0 Å². The second kappa shape index (κ2) is 6.35. The fourth-order valence-corrected chi connectivity index (χ4v) is 1.62. The largest absolute Gasteiger partial charge is 0.298 e. The van der Waals surface area contributed by atoms with Gasteiger partial charge in [0.15, 0.2) is 6.29 Å². The molecule has 0 aliphatic rings. The zero-order valence-electron chi connectivity index (χ0n) is 10.1. The molecule has 0 aliphatic heterocycles. The second-order valence-corrected chi connectivity index (χ2v) is 4.46. The zero-order chi connectivity index (χ0) is 12.8. The van der Waals surface area contributed by atoms with Crippen LogP contribution >= 0.6 is 15.9 Å². The number of rotatable bonds is 4. The van der Waals surface area contributed by atoms with Crippen molar-refractivity contribution < 1.29 is 4.79 Å². The van der Waals surface area contributed by atoms with Crippen molar-refractivity contribution in [2.45, 2.75) is 13.8 Å². The molecule has 0 saturated carbocycles. The lowest BCUT2D eigenvalue weighted by Gasteiger charge is -2.14. The second-order valence-electron chi connectivity index (χ2n) is 3.55. The summed E-state index contributed by atoms with van der Waals surface area (Å²) in [6.45, 7) is 3.64. The molecule has 3 nitrogen and oxygen atoms in total. The van der Waals surface area contributed by atoms with Gasteiger partial charge in [-0.1, -0.05) is 22.0 Å². The van der Waals surface area contributed by atoms with Gasteiger partial charge in [-0.3, -0.25) is 9.80 Å². The normalized spacial score (nSPS) is 12.5. The third kappa shape index (κ3) is 3.82. The minimum atomic E-state index is 0.606. The number of carbonyl (C=O) groups is 1. The summed E-state index contributed by atoms with van der Waals surface area (Å²) in [6.07, 6.45) is 2.56. The van der Waals surface area contributed by atoms with Gasteiger partial charge in [0.25, 0.3) is 0 Å². The van der Waals surface area contributed by atoms with Crippen LogP contribution in [0.15, 0.2) is 45.5 Å². The van der Waals surface area contributed by atoms with Crippen LogP contribution in [0.2, 0.25) is 0 Å². The van der Waals surface area contributed by atoms with E-state index in [0.717, 1.165) is 16.4 Å². The maximum absolute atomic E-state index is 10.8. The molecule has 0 N–H and O–H groups in total. The van der Waals surface area contributed by atoms with Crippen molar-refractivity contribution in [2.75, 3.05) is 12.1 Å². The summed E-state index contributed by atoms with van der Waals surface area (Å²) in [7, 11) is 1.85. The molecule has 0 fully saturated rings. The Morgan fingerprint density at radius 2 is 1.94 bits per heavy atom. The first kappa shape index (κ1) is 13.6. The van der Waals surface area contributed by atoms with Gasteiger partial charge >= 0.3 is 0 Å². The van der Waals surface area contributed by atoms with E-state index >= 15 is 0 Å². The van der Waals surface area contributed by atoms with Crippen LogP contribution in [-0.2, 0) is 4.79 Å². The maximum atomic E-state index is 10.8. The third-order valence-electron chi connectivity index (χ3n) is 2.36. The number of nitrogens with zero attached hydrogens (tertiary/aromatic N) is 2. The Kier molecular flexibility index (Phi) is 5.10. The van der Waals surface area contributed by atoms with Crippen LogP contribution in [0.4, 0.5) is 5.69 Å². The summed E-state index contributed by atoms with van der Waals surface area (Å²) in [5.41, 5.74) is 2.27.